The number of amides is 1. The molecule has 0 aliphatic carbocycles. The van der Waals surface area contributed by atoms with Gasteiger partial charge in [0, 0.05) is 18.7 Å². The Morgan fingerprint density at radius 1 is 1.07 bits per heavy atom. The summed E-state index contributed by atoms with van der Waals surface area (Å²) in [5.74, 6) is 2.05. The Bertz CT molecular complexity index is 882. The van der Waals surface area contributed by atoms with E-state index in [4.69, 9.17) is 26.4 Å². The van der Waals surface area contributed by atoms with Gasteiger partial charge in [0.1, 0.15) is 34.8 Å². The highest BCUT2D eigenvalue weighted by atomic mass is 32.2. The lowest BCUT2D eigenvalue weighted by Crippen LogP contribution is -2.22. The third kappa shape index (κ3) is 4.81. The number of rotatable bonds is 7. The lowest BCUT2D eigenvalue weighted by atomic mass is 10.2. The Morgan fingerprint density at radius 2 is 1.81 bits per heavy atom. The van der Waals surface area contributed by atoms with Crippen LogP contribution in [0.15, 0.2) is 53.4 Å². The number of carbonyl (C=O) groups is 1. The first-order valence-electron chi connectivity index (χ1n) is 8.28. The Morgan fingerprint density at radius 3 is 2.56 bits per heavy atom. The van der Waals surface area contributed by atoms with Crippen LogP contribution in [0.5, 0.6) is 17.2 Å². The number of likely N-dealkylation sites (N-methyl/N-ethyl adjacent to an activating group) is 1. The number of benzene rings is 2. The number of thioether (sulfide) groups is 1. The molecule has 0 atom stereocenters. The monoisotopic (exact) mass is 401 g/mol. The van der Waals surface area contributed by atoms with Crippen molar-refractivity contribution in [1.29, 1.82) is 0 Å². The van der Waals surface area contributed by atoms with Gasteiger partial charge in [-0.05, 0) is 24.3 Å². The normalized spacial score (nSPS) is 15.3. The van der Waals surface area contributed by atoms with Gasteiger partial charge in [0.2, 0.25) is 0 Å². The van der Waals surface area contributed by atoms with Crippen molar-refractivity contribution in [3.8, 4) is 17.2 Å². The van der Waals surface area contributed by atoms with E-state index in [0.717, 1.165) is 17.1 Å². The first-order valence-corrected chi connectivity index (χ1v) is 9.51. The number of hydrogen-bond donors (Lipinski definition) is 0. The number of hydrogen-bond acceptors (Lipinski definition) is 6. The van der Waals surface area contributed by atoms with Crippen molar-refractivity contribution in [3.63, 3.8) is 0 Å². The first-order chi connectivity index (χ1) is 13.1. The minimum atomic E-state index is -0.0961. The van der Waals surface area contributed by atoms with Gasteiger partial charge in [-0.25, -0.2) is 0 Å². The molecule has 7 heteroatoms. The van der Waals surface area contributed by atoms with Gasteiger partial charge in [-0.2, -0.15) is 0 Å². The van der Waals surface area contributed by atoms with Crippen LogP contribution in [0.4, 0.5) is 0 Å². The number of methoxy groups -OCH3 is 1. The van der Waals surface area contributed by atoms with Crippen LogP contribution >= 0.6 is 24.0 Å². The zero-order valence-corrected chi connectivity index (χ0v) is 16.6. The number of para-hydroxylation sites is 1. The van der Waals surface area contributed by atoms with Crippen LogP contribution in [0, 0.1) is 0 Å². The van der Waals surface area contributed by atoms with E-state index in [-0.39, 0.29) is 5.91 Å². The molecule has 1 aliphatic rings. The van der Waals surface area contributed by atoms with Crippen LogP contribution in [0.25, 0.3) is 6.08 Å². The van der Waals surface area contributed by atoms with Crippen LogP contribution in [0.3, 0.4) is 0 Å². The summed E-state index contributed by atoms with van der Waals surface area (Å²) in [5.41, 5.74) is 0.827. The molecular formula is C20H19NO4S2. The van der Waals surface area contributed by atoms with Gasteiger partial charge >= 0.3 is 0 Å². The second-order valence-electron chi connectivity index (χ2n) is 5.65. The van der Waals surface area contributed by atoms with Gasteiger partial charge in [-0.15, -0.1) is 0 Å². The zero-order valence-electron chi connectivity index (χ0n) is 15.0. The molecule has 0 N–H and O–H groups in total. The van der Waals surface area contributed by atoms with Crippen molar-refractivity contribution in [2.75, 3.05) is 27.4 Å². The maximum absolute atomic E-state index is 12.2. The minimum absolute atomic E-state index is 0.0961. The van der Waals surface area contributed by atoms with Crippen LogP contribution < -0.4 is 14.2 Å². The van der Waals surface area contributed by atoms with Crippen molar-refractivity contribution in [3.05, 3.63) is 59.0 Å². The Labute approximate surface area is 167 Å². The summed E-state index contributed by atoms with van der Waals surface area (Å²) in [7, 11) is 3.29. The van der Waals surface area contributed by atoms with Gasteiger partial charge in [-0.1, -0.05) is 48.2 Å². The average Bonchev–Trinajstić information content (AvgIpc) is 2.93. The van der Waals surface area contributed by atoms with Crippen molar-refractivity contribution in [1.82, 2.24) is 4.90 Å². The summed E-state index contributed by atoms with van der Waals surface area (Å²) >= 11 is 6.46. The zero-order chi connectivity index (χ0) is 19.2. The standard InChI is InChI=1S/C20H19NO4S2/c1-21-19(22)18(27-20(21)26)12-14-6-3-4-9-17(14)25-11-10-24-16-8-5-7-15(13-16)23-2/h3-9,12-13H,10-11H2,1-2H3/b18-12-. The average molecular weight is 402 g/mol. The quantitative estimate of drug-likeness (QED) is 0.397. The van der Waals surface area contributed by atoms with Gasteiger partial charge in [0.15, 0.2) is 0 Å². The van der Waals surface area contributed by atoms with E-state index in [9.17, 15) is 4.79 Å². The van der Waals surface area contributed by atoms with Gasteiger partial charge in [-0.3, -0.25) is 9.69 Å². The molecule has 5 nitrogen and oxygen atoms in total. The summed E-state index contributed by atoms with van der Waals surface area (Å²) in [6.45, 7) is 0.759. The Hall–Kier alpha value is -2.51. The van der Waals surface area contributed by atoms with Crippen LogP contribution in [-0.4, -0.2) is 42.5 Å². The van der Waals surface area contributed by atoms with Crippen LogP contribution in [-0.2, 0) is 4.79 Å². The van der Waals surface area contributed by atoms with E-state index in [1.54, 1.807) is 20.2 Å². The molecule has 1 saturated heterocycles. The Kier molecular flexibility index (Phi) is 6.36. The molecule has 0 unspecified atom stereocenters. The fourth-order valence-corrected chi connectivity index (χ4v) is 3.59. The summed E-state index contributed by atoms with van der Waals surface area (Å²) in [6, 6.07) is 15.0. The molecule has 27 heavy (non-hydrogen) atoms. The lowest BCUT2D eigenvalue weighted by molar-refractivity contribution is -0.121. The molecule has 3 rings (SSSR count). The molecule has 1 amide bonds. The van der Waals surface area contributed by atoms with Gasteiger partial charge in [0.05, 0.1) is 12.0 Å². The predicted octanol–water partition coefficient (Wildman–Crippen LogP) is 3.98. The number of nitrogens with zero attached hydrogens (tertiary/aromatic N) is 1. The molecule has 140 valence electrons. The summed E-state index contributed by atoms with van der Waals surface area (Å²) in [6.07, 6.45) is 1.81. The fourth-order valence-electron chi connectivity index (χ4n) is 2.42. The molecule has 0 saturated carbocycles. The topological polar surface area (TPSA) is 48.0 Å². The maximum Gasteiger partial charge on any atom is 0.265 e. The highest BCUT2D eigenvalue weighted by Gasteiger charge is 2.28. The van der Waals surface area contributed by atoms with Gasteiger partial charge in [0.25, 0.3) is 5.91 Å². The third-order valence-corrected chi connectivity index (χ3v) is 5.33. The fraction of sp³-hybridized carbons (Fsp3) is 0.200. The second-order valence-corrected chi connectivity index (χ2v) is 7.33. The molecule has 1 fully saturated rings. The van der Waals surface area contributed by atoms with Crippen molar-refractivity contribution < 1.29 is 19.0 Å². The SMILES string of the molecule is COc1cccc(OCCOc2ccccc2/C=C2\SC(=S)N(C)C2=O)c1. The molecule has 1 aliphatic heterocycles. The predicted molar refractivity (Wildman–Crippen MR) is 111 cm³/mol. The Balaban J connectivity index is 1.61. The maximum atomic E-state index is 12.2. The van der Waals surface area contributed by atoms with Crippen molar-refractivity contribution in [2.24, 2.45) is 0 Å². The molecule has 2 aromatic carbocycles. The van der Waals surface area contributed by atoms with E-state index < -0.39 is 0 Å². The smallest absolute Gasteiger partial charge is 0.265 e. The molecule has 0 bridgehead atoms. The lowest BCUT2D eigenvalue weighted by Gasteiger charge is -2.11. The van der Waals surface area contributed by atoms with E-state index in [1.807, 2.05) is 48.5 Å². The third-order valence-electron chi connectivity index (χ3n) is 3.84. The van der Waals surface area contributed by atoms with E-state index >= 15 is 0 Å². The molecule has 1 heterocycles. The van der Waals surface area contributed by atoms with Crippen molar-refractivity contribution >= 4 is 40.3 Å². The molecule has 0 aromatic heterocycles. The molecular weight excluding hydrogens is 382 g/mol. The number of thiocarbonyl (C=S) groups is 1. The molecule has 0 radical (unpaired) electrons. The van der Waals surface area contributed by atoms with E-state index in [2.05, 4.69) is 0 Å². The van der Waals surface area contributed by atoms with E-state index in [0.29, 0.717) is 28.2 Å². The van der Waals surface area contributed by atoms with Crippen molar-refractivity contribution in [2.45, 2.75) is 0 Å². The largest absolute Gasteiger partial charge is 0.497 e. The summed E-state index contributed by atoms with van der Waals surface area (Å²) in [5, 5.41) is 0. The number of carbonyl (C=O) groups excluding carboxylic acids is 1. The van der Waals surface area contributed by atoms with Gasteiger partial charge < -0.3 is 14.2 Å². The summed E-state index contributed by atoms with van der Waals surface area (Å²) in [4.78, 5) is 14.2. The van der Waals surface area contributed by atoms with Crippen LogP contribution in [0.2, 0.25) is 0 Å². The second kappa shape index (κ2) is 8.92. The minimum Gasteiger partial charge on any atom is -0.497 e. The molecule has 0 spiro atoms. The van der Waals surface area contributed by atoms with E-state index in [1.165, 1.54) is 16.7 Å². The summed E-state index contributed by atoms with van der Waals surface area (Å²) < 4.78 is 17.3. The highest BCUT2D eigenvalue weighted by Crippen LogP contribution is 2.33. The first kappa shape index (κ1) is 19.3. The molecule has 2 aromatic rings. The number of ether oxygens (including phenoxy) is 3. The van der Waals surface area contributed by atoms with Crippen LogP contribution in [0.1, 0.15) is 5.56 Å². The highest BCUT2D eigenvalue weighted by molar-refractivity contribution is 8.26.